The van der Waals surface area contributed by atoms with Gasteiger partial charge in [-0.15, -0.1) is 0 Å². The van der Waals surface area contributed by atoms with Crippen LogP contribution in [0.15, 0.2) is 12.2 Å². The van der Waals surface area contributed by atoms with Gasteiger partial charge in [-0.2, -0.15) is 0 Å². The maximum atomic E-state index is 11.0. The summed E-state index contributed by atoms with van der Waals surface area (Å²) in [6, 6.07) is 0. The molecular formula is C9H12O. The molecule has 1 heteroatoms. The number of rotatable bonds is 0. The van der Waals surface area contributed by atoms with E-state index in [-0.39, 0.29) is 0 Å². The molecule has 0 bridgehead atoms. The van der Waals surface area contributed by atoms with Gasteiger partial charge in [0.2, 0.25) is 0 Å². The van der Waals surface area contributed by atoms with E-state index >= 15 is 0 Å². The Labute approximate surface area is 61.1 Å². The molecule has 0 amide bonds. The van der Waals surface area contributed by atoms with E-state index in [0.717, 1.165) is 12.8 Å². The van der Waals surface area contributed by atoms with E-state index in [1.54, 1.807) is 6.08 Å². The number of carbonyl (C=O) groups excluding carboxylic acids is 1. The normalized spacial score (nSPS) is 28.6. The van der Waals surface area contributed by atoms with Crippen LogP contribution in [0.3, 0.4) is 0 Å². The van der Waals surface area contributed by atoms with Gasteiger partial charge >= 0.3 is 0 Å². The summed E-state index contributed by atoms with van der Waals surface area (Å²) in [4.78, 5) is 11.0. The van der Waals surface area contributed by atoms with E-state index in [2.05, 4.69) is 0 Å². The average Bonchev–Trinajstić information content (AvgIpc) is 1.85. The van der Waals surface area contributed by atoms with Gasteiger partial charge in [0.05, 0.1) is 0 Å². The molecule has 1 spiro atoms. The highest BCUT2D eigenvalue weighted by Crippen LogP contribution is 2.48. The molecule has 0 aromatic carbocycles. The van der Waals surface area contributed by atoms with Crippen molar-refractivity contribution in [2.45, 2.75) is 32.1 Å². The fraction of sp³-hybridized carbons (Fsp3) is 0.667. The lowest BCUT2D eigenvalue weighted by atomic mass is 9.62. The molecule has 0 aliphatic heterocycles. The first-order valence-corrected chi connectivity index (χ1v) is 4.00. The van der Waals surface area contributed by atoms with Crippen molar-refractivity contribution in [2.24, 2.45) is 5.41 Å². The number of ketones is 1. The molecule has 0 saturated heterocycles. The summed E-state index contributed by atoms with van der Waals surface area (Å²) >= 11 is 0. The second-order valence-electron chi connectivity index (χ2n) is 3.60. The third kappa shape index (κ3) is 0.808. The minimum Gasteiger partial charge on any atom is -0.295 e. The fourth-order valence-electron chi connectivity index (χ4n) is 2.00. The van der Waals surface area contributed by atoms with E-state index in [1.807, 2.05) is 6.08 Å². The fourth-order valence-corrected chi connectivity index (χ4v) is 2.00. The molecule has 1 saturated carbocycles. The van der Waals surface area contributed by atoms with Crippen LogP contribution in [0.25, 0.3) is 0 Å². The van der Waals surface area contributed by atoms with Crippen molar-refractivity contribution in [1.29, 1.82) is 0 Å². The highest BCUT2D eigenvalue weighted by Gasteiger charge is 2.38. The molecule has 1 fully saturated rings. The van der Waals surface area contributed by atoms with Crippen molar-refractivity contribution in [3.63, 3.8) is 0 Å². The van der Waals surface area contributed by atoms with Crippen LogP contribution in [-0.4, -0.2) is 5.78 Å². The Balaban J connectivity index is 2.13. The predicted octanol–water partition coefficient (Wildman–Crippen LogP) is 2.08. The smallest absolute Gasteiger partial charge is 0.155 e. The first kappa shape index (κ1) is 6.14. The SMILES string of the molecule is O=C1C=CCC2(CCC2)C1. The van der Waals surface area contributed by atoms with E-state index in [1.165, 1.54) is 19.3 Å². The monoisotopic (exact) mass is 136 g/mol. The van der Waals surface area contributed by atoms with E-state index in [0.29, 0.717) is 11.2 Å². The first-order chi connectivity index (χ1) is 4.81. The van der Waals surface area contributed by atoms with Crippen LogP contribution in [0.2, 0.25) is 0 Å². The minimum atomic E-state index is 0.339. The van der Waals surface area contributed by atoms with E-state index < -0.39 is 0 Å². The Morgan fingerprint density at radius 1 is 1.40 bits per heavy atom. The summed E-state index contributed by atoms with van der Waals surface area (Å²) in [7, 11) is 0. The van der Waals surface area contributed by atoms with Gasteiger partial charge in [-0.1, -0.05) is 12.5 Å². The van der Waals surface area contributed by atoms with Crippen LogP contribution in [0.4, 0.5) is 0 Å². The second kappa shape index (κ2) is 1.94. The molecule has 2 rings (SSSR count). The minimum absolute atomic E-state index is 0.339. The third-order valence-corrected chi connectivity index (χ3v) is 2.82. The van der Waals surface area contributed by atoms with Gasteiger partial charge in [-0.3, -0.25) is 4.79 Å². The molecule has 2 aliphatic rings. The summed E-state index contributed by atoms with van der Waals surface area (Å²) in [6.45, 7) is 0. The quantitative estimate of drug-likeness (QED) is 0.498. The van der Waals surface area contributed by atoms with Crippen LogP contribution < -0.4 is 0 Å². The summed E-state index contributed by atoms with van der Waals surface area (Å²) in [5, 5.41) is 0. The maximum absolute atomic E-state index is 11.0. The summed E-state index contributed by atoms with van der Waals surface area (Å²) in [5.41, 5.74) is 0.436. The number of allylic oxidation sites excluding steroid dienone is 2. The number of hydrogen-bond acceptors (Lipinski definition) is 1. The van der Waals surface area contributed by atoms with Crippen molar-refractivity contribution in [3.05, 3.63) is 12.2 Å². The Hall–Kier alpha value is -0.590. The zero-order valence-electron chi connectivity index (χ0n) is 6.10. The molecular weight excluding hydrogens is 124 g/mol. The van der Waals surface area contributed by atoms with Crippen LogP contribution in [-0.2, 0) is 4.79 Å². The van der Waals surface area contributed by atoms with Gasteiger partial charge in [0, 0.05) is 6.42 Å². The lowest BCUT2D eigenvalue weighted by molar-refractivity contribution is -0.118. The Kier molecular flexibility index (Phi) is 1.19. The lowest BCUT2D eigenvalue weighted by Gasteiger charge is -2.42. The molecule has 54 valence electrons. The first-order valence-electron chi connectivity index (χ1n) is 4.00. The Morgan fingerprint density at radius 3 is 2.60 bits per heavy atom. The molecule has 0 heterocycles. The van der Waals surface area contributed by atoms with Gasteiger partial charge in [0.1, 0.15) is 0 Å². The molecule has 0 aromatic heterocycles. The van der Waals surface area contributed by atoms with Gasteiger partial charge in [-0.25, -0.2) is 0 Å². The molecule has 2 aliphatic carbocycles. The highest BCUT2D eigenvalue weighted by molar-refractivity contribution is 5.91. The lowest BCUT2D eigenvalue weighted by Crippen LogP contribution is -2.32. The summed E-state index contributed by atoms with van der Waals surface area (Å²) in [5.74, 6) is 0.339. The molecule has 1 nitrogen and oxygen atoms in total. The van der Waals surface area contributed by atoms with Crippen molar-refractivity contribution in [2.75, 3.05) is 0 Å². The average molecular weight is 136 g/mol. The zero-order chi connectivity index (χ0) is 7.03. The van der Waals surface area contributed by atoms with Crippen LogP contribution in [0, 0.1) is 5.41 Å². The molecule has 0 atom stereocenters. The topological polar surface area (TPSA) is 17.1 Å². The summed E-state index contributed by atoms with van der Waals surface area (Å²) < 4.78 is 0. The van der Waals surface area contributed by atoms with Gasteiger partial charge in [0.15, 0.2) is 5.78 Å². The van der Waals surface area contributed by atoms with Crippen LogP contribution >= 0.6 is 0 Å². The highest BCUT2D eigenvalue weighted by atomic mass is 16.1. The van der Waals surface area contributed by atoms with Crippen molar-refractivity contribution >= 4 is 5.78 Å². The van der Waals surface area contributed by atoms with Gasteiger partial charge in [0.25, 0.3) is 0 Å². The van der Waals surface area contributed by atoms with Crippen LogP contribution in [0.5, 0.6) is 0 Å². The Morgan fingerprint density at radius 2 is 2.20 bits per heavy atom. The third-order valence-electron chi connectivity index (χ3n) is 2.82. The van der Waals surface area contributed by atoms with Crippen molar-refractivity contribution < 1.29 is 4.79 Å². The van der Waals surface area contributed by atoms with Gasteiger partial charge < -0.3 is 0 Å². The Bertz CT molecular complexity index is 187. The molecule has 0 N–H and O–H groups in total. The van der Waals surface area contributed by atoms with Crippen molar-refractivity contribution in [3.8, 4) is 0 Å². The zero-order valence-corrected chi connectivity index (χ0v) is 6.10. The molecule has 0 radical (unpaired) electrons. The molecule has 0 aromatic rings. The van der Waals surface area contributed by atoms with Gasteiger partial charge in [-0.05, 0) is 30.8 Å². The van der Waals surface area contributed by atoms with Crippen molar-refractivity contribution in [1.82, 2.24) is 0 Å². The maximum Gasteiger partial charge on any atom is 0.155 e. The molecule has 10 heavy (non-hydrogen) atoms. The largest absolute Gasteiger partial charge is 0.295 e. The summed E-state index contributed by atoms with van der Waals surface area (Å²) in [6.07, 6.45) is 9.66. The van der Waals surface area contributed by atoms with E-state index in [4.69, 9.17) is 0 Å². The molecule has 0 unspecified atom stereocenters. The van der Waals surface area contributed by atoms with E-state index in [9.17, 15) is 4.79 Å². The number of carbonyl (C=O) groups is 1. The standard InChI is InChI=1S/C9H12O/c10-8-3-1-4-9(7-8)5-2-6-9/h1,3H,2,4-7H2. The predicted molar refractivity (Wildman–Crippen MR) is 39.7 cm³/mol. The second-order valence-corrected chi connectivity index (χ2v) is 3.60. The number of hydrogen-bond donors (Lipinski definition) is 0. The van der Waals surface area contributed by atoms with Crippen LogP contribution in [0.1, 0.15) is 32.1 Å².